The Hall–Kier alpha value is -3.61. The van der Waals surface area contributed by atoms with E-state index in [0.717, 1.165) is 5.56 Å². The van der Waals surface area contributed by atoms with Gasteiger partial charge in [0.2, 0.25) is 5.89 Å². The summed E-state index contributed by atoms with van der Waals surface area (Å²) in [6, 6.07) is 13.9. The molecule has 0 atom stereocenters. The number of methoxy groups -OCH3 is 2. The molecule has 1 heterocycles. The Morgan fingerprint density at radius 1 is 0.963 bits per heavy atom. The van der Waals surface area contributed by atoms with Gasteiger partial charge in [-0.3, -0.25) is 0 Å². The normalized spacial score (nSPS) is 10.3. The van der Waals surface area contributed by atoms with Gasteiger partial charge in [-0.05, 0) is 18.2 Å². The number of oxazole rings is 1. The van der Waals surface area contributed by atoms with Gasteiger partial charge in [0.1, 0.15) is 5.75 Å². The molecule has 0 saturated heterocycles. The smallest absolute Gasteiger partial charge is 0.338 e. The average Bonchev–Trinajstić information content (AvgIpc) is 3.20. The maximum absolute atomic E-state index is 11.8. The van der Waals surface area contributed by atoms with E-state index in [1.165, 1.54) is 32.4 Å². The lowest BCUT2D eigenvalue weighted by molar-refractivity contribution is 0.0598. The van der Waals surface area contributed by atoms with E-state index in [0.29, 0.717) is 11.7 Å². The molecule has 0 aliphatic carbocycles. The highest BCUT2D eigenvalue weighted by Crippen LogP contribution is 2.23. The van der Waals surface area contributed by atoms with Crippen LogP contribution in [0.1, 0.15) is 26.6 Å². The van der Waals surface area contributed by atoms with Crippen LogP contribution in [0.3, 0.4) is 0 Å². The predicted molar refractivity (Wildman–Crippen MR) is 95.4 cm³/mol. The van der Waals surface area contributed by atoms with Gasteiger partial charge in [0.25, 0.3) is 0 Å². The minimum atomic E-state index is -0.590. The minimum absolute atomic E-state index is 0.0259. The van der Waals surface area contributed by atoms with Crippen molar-refractivity contribution in [3.8, 4) is 17.1 Å². The molecule has 0 spiro atoms. The van der Waals surface area contributed by atoms with Crippen molar-refractivity contribution in [2.24, 2.45) is 0 Å². The molecular weight excluding hydrogens is 350 g/mol. The minimum Gasteiger partial charge on any atom is -0.484 e. The zero-order chi connectivity index (χ0) is 19.2. The molecule has 0 aliphatic rings. The van der Waals surface area contributed by atoms with Crippen molar-refractivity contribution < 1.29 is 28.2 Å². The summed E-state index contributed by atoms with van der Waals surface area (Å²) in [5, 5.41) is 0. The fourth-order valence-corrected chi connectivity index (χ4v) is 2.41. The zero-order valence-corrected chi connectivity index (χ0v) is 14.8. The van der Waals surface area contributed by atoms with E-state index in [2.05, 4.69) is 4.98 Å². The van der Waals surface area contributed by atoms with Crippen LogP contribution in [0, 0.1) is 0 Å². The molecule has 1 aromatic heterocycles. The second-order valence-corrected chi connectivity index (χ2v) is 5.50. The third-order valence-corrected chi connectivity index (χ3v) is 3.72. The Morgan fingerprint density at radius 2 is 1.59 bits per heavy atom. The first-order chi connectivity index (χ1) is 13.1. The van der Waals surface area contributed by atoms with Crippen molar-refractivity contribution in [1.29, 1.82) is 0 Å². The molecule has 0 amide bonds. The van der Waals surface area contributed by atoms with Crippen LogP contribution in [0.5, 0.6) is 5.75 Å². The molecule has 0 unspecified atom stereocenters. The summed E-state index contributed by atoms with van der Waals surface area (Å²) in [5.74, 6) is 0.0867. The van der Waals surface area contributed by atoms with Crippen LogP contribution in [0.2, 0.25) is 0 Å². The highest BCUT2D eigenvalue weighted by atomic mass is 16.5. The summed E-state index contributed by atoms with van der Waals surface area (Å²) >= 11 is 0. The van der Waals surface area contributed by atoms with E-state index in [1.54, 1.807) is 6.20 Å². The van der Waals surface area contributed by atoms with E-state index < -0.39 is 11.9 Å². The van der Waals surface area contributed by atoms with Crippen LogP contribution in [-0.4, -0.2) is 31.1 Å². The number of esters is 2. The Kier molecular flexibility index (Phi) is 5.51. The number of rotatable bonds is 6. The van der Waals surface area contributed by atoms with Crippen molar-refractivity contribution in [2.75, 3.05) is 14.2 Å². The molecule has 3 rings (SSSR count). The first-order valence-electron chi connectivity index (χ1n) is 8.05. The summed E-state index contributed by atoms with van der Waals surface area (Å²) in [4.78, 5) is 27.8. The summed E-state index contributed by atoms with van der Waals surface area (Å²) in [5.41, 5.74) is 1.25. The summed E-state index contributed by atoms with van der Waals surface area (Å²) in [7, 11) is 2.51. The summed E-state index contributed by atoms with van der Waals surface area (Å²) in [6.45, 7) is 0.0259. The molecule has 0 bridgehead atoms. The van der Waals surface area contributed by atoms with Gasteiger partial charge in [-0.1, -0.05) is 30.3 Å². The average molecular weight is 367 g/mol. The first kappa shape index (κ1) is 18.2. The fourth-order valence-electron chi connectivity index (χ4n) is 2.41. The Morgan fingerprint density at radius 3 is 2.19 bits per heavy atom. The third-order valence-electron chi connectivity index (χ3n) is 3.72. The van der Waals surface area contributed by atoms with E-state index in [-0.39, 0.29) is 23.5 Å². The first-order valence-corrected chi connectivity index (χ1v) is 8.05. The van der Waals surface area contributed by atoms with Gasteiger partial charge in [0.15, 0.2) is 12.4 Å². The van der Waals surface area contributed by atoms with Gasteiger partial charge in [-0.15, -0.1) is 0 Å². The predicted octanol–water partition coefficient (Wildman–Crippen LogP) is 3.49. The second-order valence-electron chi connectivity index (χ2n) is 5.50. The number of hydrogen-bond donors (Lipinski definition) is 0. The summed E-state index contributed by atoms with van der Waals surface area (Å²) < 4.78 is 20.7. The number of ether oxygens (including phenoxy) is 3. The second kappa shape index (κ2) is 8.18. The SMILES string of the molecule is COC(=O)c1cc(OCc2ncc(-c3ccccc3)o2)cc(C(=O)OC)c1. The standard InChI is InChI=1S/C20H17NO6/c1-24-19(22)14-8-15(20(23)25-2)10-16(9-14)26-12-18-21-11-17(27-18)13-6-4-3-5-7-13/h3-11H,12H2,1-2H3. The van der Waals surface area contributed by atoms with Crippen LogP contribution in [-0.2, 0) is 16.1 Å². The van der Waals surface area contributed by atoms with Gasteiger partial charge >= 0.3 is 11.9 Å². The monoisotopic (exact) mass is 367 g/mol. The van der Waals surface area contributed by atoms with Crippen LogP contribution in [0.15, 0.2) is 59.1 Å². The molecule has 7 heteroatoms. The lowest BCUT2D eigenvalue weighted by Gasteiger charge is -2.08. The highest BCUT2D eigenvalue weighted by molar-refractivity contribution is 5.96. The number of carbonyl (C=O) groups excluding carboxylic acids is 2. The van der Waals surface area contributed by atoms with Gasteiger partial charge in [-0.2, -0.15) is 0 Å². The third kappa shape index (κ3) is 4.33. The maximum atomic E-state index is 11.8. The number of aromatic nitrogens is 1. The molecule has 0 fully saturated rings. The molecule has 0 N–H and O–H groups in total. The summed E-state index contributed by atoms with van der Waals surface area (Å²) in [6.07, 6.45) is 1.61. The molecule has 7 nitrogen and oxygen atoms in total. The van der Waals surface area contributed by atoms with Crippen LogP contribution < -0.4 is 4.74 Å². The van der Waals surface area contributed by atoms with E-state index in [4.69, 9.17) is 18.6 Å². The van der Waals surface area contributed by atoms with E-state index in [9.17, 15) is 9.59 Å². The van der Waals surface area contributed by atoms with E-state index >= 15 is 0 Å². The van der Waals surface area contributed by atoms with Crippen LogP contribution >= 0.6 is 0 Å². The number of benzene rings is 2. The number of hydrogen-bond acceptors (Lipinski definition) is 7. The molecule has 0 radical (unpaired) electrons. The van der Waals surface area contributed by atoms with Gasteiger partial charge < -0.3 is 18.6 Å². The molecule has 2 aromatic carbocycles. The number of carbonyl (C=O) groups is 2. The largest absolute Gasteiger partial charge is 0.484 e. The van der Waals surface area contributed by atoms with E-state index in [1.807, 2.05) is 30.3 Å². The van der Waals surface area contributed by atoms with Crippen molar-refractivity contribution >= 4 is 11.9 Å². The molecule has 0 aliphatic heterocycles. The zero-order valence-electron chi connectivity index (χ0n) is 14.8. The van der Waals surface area contributed by atoms with Crippen LogP contribution in [0.25, 0.3) is 11.3 Å². The fraction of sp³-hybridized carbons (Fsp3) is 0.150. The molecule has 27 heavy (non-hydrogen) atoms. The lowest BCUT2D eigenvalue weighted by atomic mass is 10.1. The van der Waals surface area contributed by atoms with Crippen molar-refractivity contribution in [3.05, 3.63) is 71.7 Å². The molecule has 138 valence electrons. The Balaban J connectivity index is 1.78. The Labute approximate surface area is 155 Å². The molecule has 0 saturated carbocycles. The topological polar surface area (TPSA) is 87.9 Å². The van der Waals surface area contributed by atoms with Crippen molar-refractivity contribution in [2.45, 2.75) is 6.61 Å². The maximum Gasteiger partial charge on any atom is 0.338 e. The Bertz CT molecular complexity index is 914. The van der Waals surface area contributed by atoms with Gasteiger partial charge in [0.05, 0.1) is 31.5 Å². The van der Waals surface area contributed by atoms with Gasteiger partial charge in [-0.25, -0.2) is 14.6 Å². The van der Waals surface area contributed by atoms with Crippen molar-refractivity contribution in [1.82, 2.24) is 4.98 Å². The van der Waals surface area contributed by atoms with Crippen molar-refractivity contribution in [3.63, 3.8) is 0 Å². The molecule has 3 aromatic rings. The quantitative estimate of drug-likeness (QED) is 0.616. The number of nitrogens with zero attached hydrogens (tertiary/aromatic N) is 1. The van der Waals surface area contributed by atoms with Crippen LogP contribution in [0.4, 0.5) is 0 Å². The van der Waals surface area contributed by atoms with Gasteiger partial charge in [0, 0.05) is 5.56 Å². The highest BCUT2D eigenvalue weighted by Gasteiger charge is 2.15. The molecular formula is C20H17NO6. The lowest BCUT2D eigenvalue weighted by Crippen LogP contribution is -2.07.